The highest BCUT2D eigenvalue weighted by Crippen LogP contribution is 2.19. The van der Waals surface area contributed by atoms with Gasteiger partial charge in [0, 0.05) is 11.6 Å². The molecular formula is C9H11ClFNO2S. The Bertz CT molecular complexity index is 447. The standard InChI is InChI=1S/C9H11ClFNO2S/c1-2-5-12-15(13,14)9-6-7(10)3-4-8(9)11/h3-4,6,12H,2,5H2,1H3. The molecule has 0 spiro atoms. The van der Waals surface area contributed by atoms with Crippen molar-refractivity contribution in [2.75, 3.05) is 6.54 Å². The van der Waals surface area contributed by atoms with Gasteiger partial charge in [-0.25, -0.2) is 17.5 Å². The summed E-state index contributed by atoms with van der Waals surface area (Å²) in [5.41, 5.74) is 0. The van der Waals surface area contributed by atoms with Gasteiger partial charge in [-0.3, -0.25) is 0 Å². The molecule has 84 valence electrons. The van der Waals surface area contributed by atoms with Crippen LogP contribution in [0, 0.1) is 5.82 Å². The van der Waals surface area contributed by atoms with Crippen molar-refractivity contribution < 1.29 is 12.8 Å². The second kappa shape index (κ2) is 4.92. The van der Waals surface area contributed by atoms with E-state index in [0.29, 0.717) is 6.42 Å². The molecule has 0 unspecified atom stereocenters. The fourth-order valence-corrected chi connectivity index (χ4v) is 2.47. The van der Waals surface area contributed by atoms with E-state index in [0.717, 1.165) is 12.1 Å². The maximum atomic E-state index is 13.2. The molecule has 1 rings (SSSR count). The third-order valence-corrected chi connectivity index (χ3v) is 3.44. The largest absolute Gasteiger partial charge is 0.243 e. The van der Waals surface area contributed by atoms with E-state index in [1.54, 1.807) is 0 Å². The minimum atomic E-state index is -3.79. The number of rotatable bonds is 4. The Labute approximate surface area is 93.3 Å². The maximum Gasteiger partial charge on any atom is 0.243 e. The number of halogens is 2. The number of hydrogen-bond acceptors (Lipinski definition) is 2. The zero-order valence-corrected chi connectivity index (χ0v) is 9.70. The van der Waals surface area contributed by atoms with E-state index < -0.39 is 20.7 Å². The minimum Gasteiger partial charge on any atom is -0.211 e. The van der Waals surface area contributed by atoms with Crippen LogP contribution in [0.5, 0.6) is 0 Å². The fraction of sp³-hybridized carbons (Fsp3) is 0.333. The summed E-state index contributed by atoms with van der Waals surface area (Å²) in [6.07, 6.45) is 0.640. The van der Waals surface area contributed by atoms with Gasteiger partial charge in [0.1, 0.15) is 10.7 Å². The van der Waals surface area contributed by atoms with Crippen molar-refractivity contribution in [3.05, 3.63) is 29.0 Å². The molecule has 1 aromatic carbocycles. The lowest BCUT2D eigenvalue weighted by Crippen LogP contribution is -2.25. The van der Waals surface area contributed by atoms with Gasteiger partial charge < -0.3 is 0 Å². The zero-order chi connectivity index (χ0) is 11.5. The quantitative estimate of drug-likeness (QED) is 0.892. The molecule has 0 amide bonds. The molecule has 0 aliphatic heterocycles. The van der Waals surface area contributed by atoms with E-state index >= 15 is 0 Å². The third-order valence-electron chi connectivity index (χ3n) is 1.72. The molecule has 1 aromatic rings. The predicted octanol–water partition coefficient (Wildman–Crippen LogP) is 2.17. The summed E-state index contributed by atoms with van der Waals surface area (Å²) >= 11 is 5.60. The van der Waals surface area contributed by atoms with Gasteiger partial charge in [0.05, 0.1) is 0 Å². The maximum absolute atomic E-state index is 13.2. The van der Waals surface area contributed by atoms with Crippen LogP contribution in [0.3, 0.4) is 0 Å². The fourth-order valence-electron chi connectivity index (χ4n) is 0.997. The Balaban J connectivity index is 3.09. The van der Waals surface area contributed by atoms with Crippen LogP contribution >= 0.6 is 11.6 Å². The first-order valence-corrected chi connectivity index (χ1v) is 6.28. The minimum absolute atomic E-state index is 0.188. The van der Waals surface area contributed by atoms with E-state index in [1.165, 1.54) is 6.07 Å². The van der Waals surface area contributed by atoms with Crippen LogP contribution in [0.15, 0.2) is 23.1 Å². The van der Waals surface area contributed by atoms with E-state index in [-0.39, 0.29) is 11.6 Å². The summed E-state index contributed by atoms with van der Waals surface area (Å²) < 4.78 is 38.6. The SMILES string of the molecule is CCCNS(=O)(=O)c1cc(Cl)ccc1F. The molecule has 0 fully saturated rings. The second-order valence-corrected chi connectivity index (χ2v) is 5.14. The van der Waals surface area contributed by atoms with Gasteiger partial charge >= 0.3 is 0 Å². The van der Waals surface area contributed by atoms with Gasteiger partial charge in [0.25, 0.3) is 0 Å². The molecule has 0 radical (unpaired) electrons. The normalized spacial score (nSPS) is 11.7. The lowest BCUT2D eigenvalue weighted by atomic mass is 10.3. The molecule has 6 heteroatoms. The highest BCUT2D eigenvalue weighted by atomic mass is 35.5. The van der Waals surface area contributed by atoms with Crippen LogP contribution in [-0.4, -0.2) is 15.0 Å². The monoisotopic (exact) mass is 251 g/mol. The molecule has 0 aromatic heterocycles. The van der Waals surface area contributed by atoms with Gasteiger partial charge in [0.15, 0.2) is 0 Å². The average Bonchev–Trinajstić information content (AvgIpc) is 2.18. The number of benzene rings is 1. The van der Waals surface area contributed by atoms with Crippen LogP contribution in [0.2, 0.25) is 5.02 Å². The highest BCUT2D eigenvalue weighted by Gasteiger charge is 2.18. The Morgan fingerprint density at radius 1 is 1.47 bits per heavy atom. The van der Waals surface area contributed by atoms with Gasteiger partial charge in [-0.15, -0.1) is 0 Å². The Morgan fingerprint density at radius 2 is 2.13 bits per heavy atom. The van der Waals surface area contributed by atoms with Crippen LogP contribution in [0.1, 0.15) is 13.3 Å². The lowest BCUT2D eigenvalue weighted by molar-refractivity contribution is 0.556. The molecule has 0 aliphatic carbocycles. The summed E-state index contributed by atoms with van der Waals surface area (Å²) in [7, 11) is -3.79. The van der Waals surface area contributed by atoms with Crippen LogP contribution in [-0.2, 0) is 10.0 Å². The van der Waals surface area contributed by atoms with Gasteiger partial charge in [0.2, 0.25) is 10.0 Å². The predicted molar refractivity (Wildman–Crippen MR) is 56.9 cm³/mol. The molecule has 0 heterocycles. The first-order valence-electron chi connectivity index (χ1n) is 4.42. The molecular weight excluding hydrogens is 241 g/mol. The highest BCUT2D eigenvalue weighted by molar-refractivity contribution is 7.89. The first-order chi connectivity index (χ1) is 6.97. The van der Waals surface area contributed by atoms with E-state index in [4.69, 9.17) is 11.6 Å². The van der Waals surface area contributed by atoms with Gasteiger partial charge in [-0.1, -0.05) is 18.5 Å². The molecule has 0 saturated heterocycles. The number of nitrogens with one attached hydrogen (secondary N) is 1. The summed E-state index contributed by atoms with van der Waals surface area (Å²) in [4.78, 5) is -0.413. The summed E-state index contributed by atoms with van der Waals surface area (Å²) in [6.45, 7) is 2.09. The van der Waals surface area contributed by atoms with Crippen LogP contribution in [0.4, 0.5) is 4.39 Å². The van der Waals surface area contributed by atoms with Crippen molar-refractivity contribution in [3.63, 3.8) is 0 Å². The molecule has 1 N–H and O–H groups in total. The smallest absolute Gasteiger partial charge is 0.211 e. The van der Waals surface area contributed by atoms with Crippen molar-refractivity contribution in [3.8, 4) is 0 Å². The first kappa shape index (κ1) is 12.4. The van der Waals surface area contributed by atoms with Crippen molar-refractivity contribution in [1.82, 2.24) is 4.72 Å². The third kappa shape index (κ3) is 3.15. The van der Waals surface area contributed by atoms with Crippen molar-refractivity contribution in [2.24, 2.45) is 0 Å². The molecule has 15 heavy (non-hydrogen) atoms. The van der Waals surface area contributed by atoms with Crippen LogP contribution in [0.25, 0.3) is 0 Å². The Kier molecular flexibility index (Phi) is 4.07. The molecule has 0 aliphatic rings. The topological polar surface area (TPSA) is 46.2 Å². The van der Waals surface area contributed by atoms with Crippen molar-refractivity contribution in [1.29, 1.82) is 0 Å². The number of sulfonamides is 1. The number of hydrogen-bond donors (Lipinski definition) is 1. The van der Waals surface area contributed by atoms with Crippen molar-refractivity contribution in [2.45, 2.75) is 18.2 Å². The summed E-state index contributed by atoms with van der Waals surface area (Å²) in [5, 5.41) is 0.188. The average molecular weight is 252 g/mol. The van der Waals surface area contributed by atoms with Crippen LogP contribution < -0.4 is 4.72 Å². The Hall–Kier alpha value is -0.650. The Morgan fingerprint density at radius 3 is 2.73 bits per heavy atom. The van der Waals surface area contributed by atoms with E-state index in [2.05, 4.69) is 4.72 Å². The summed E-state index contributed by atoms with van der Waals surface area (Å²) in [6, 6.07) is 3.42. The second-order valence-electron chi connectivity index (χ2n) is 2.97. The van der Waals surface area contributed by atoms with E-state index in [9.17, 15) is 12.8 Å². The lowest BCUT2D eigenvalue weighted by Gasteiger charge is -2.06. The van der Waals surface area contributed by atoms with E-state index in [1.807, 2.05) is 6.92 Å². The zero-order valence-electron chi connectivity index (χ0n) is 8.13. The van der Waals surface area contributed by atoms with Crippen molar-refractivity contribution >= 4 is 21.6 Å². The van der Waals surface area contributed by atoms with Gasteiger partial charge in [-0.2, -0.15) is 0 Å². The summed E-state index contributed by atoms with van der Waals surface area (Å²) in [5.74, 6) is -0.803. The molecule has 0 atom stereocenters. The molecule has 0 saturated carbocycles. The van der Waals surface area contributed by atoms with Gasteiger partial charge in [-0.05, 0) is 24.6 Å². The molecule has 0 bridgehead atoms. The molecule has 3 nitrogen and oxygen atoms in total.